The van der Waals surface area contributed by atoms with Crippen molar-refractivity contribution in [1.29, 1.82) is 0 Å². The second kappa shape index (κ2) is 6.39. The van der Waals surface area contributed by atoms with E-state index in [4.69, 9.17) is 0 Å². The topological polar surface area (TPSA) is 69.0 Å². The maximum Gasteiger partial charge on any atom is 0.416 e. The molecule has 0 aliphatic carbocycles. The lowest BCUT2D eigenvalue weighted by atomic mass is 10.1. The Labute approximate surface area is 136 Å². The fourth-order valence-corrected chi connectivity index (χ4v) is 3.26. The molecule has 0 N–H and O–H groups in total. The van der Waals surface area contributed by atoms with Crippen molar-refractivity contribution in [2.75, 3.05) is 5.75 Å². The minimum Gasteiger partial charge on any atom is -0.300 e. The number of sulfone groups is 1. The van der Waals surface area contributed by atoms with E-state index in [1.54, 1.807) is 6.92 Å². The summed E-state index contributed by atoms with van der Waals surface area (Å²) in [6.45, 7) is 3.44. The Morgan fingerprint density at radius 2 is 1.83 bits per heavy atom. The number of aryl methyl sites for hydroxylation is 1. The van der Waals surface area contributed by atoms with Crippen molar-refractivity contribution in [3.63, 3.8) is 0 Å². The van der Waals surface area contributed by atoms with Gasteiger partial charge in [0.1, 0.15) is 0 Å². The van der Waals surface area contributed by atoms with E-state index in [2.05, 4.69) is 4.98 Å². The highest BCUT2D eigenvalue weighted by molar-refractivity contribution is 7.91. The van der Waals surface area contributed by atoms with Crippen LogP contribution in [0, 0.1) is 0 Å². The average molecular weight is 360 g/mol. The lowest BCUT2D eigenvalue weighted by molar-refractivity contribution is -0.137. The minimum atomic E-state index is -4.67. The van der Waals surface area contributed by atoms with Crippen LogP contribution in [0.4, 0.5) is 13.2 Å². The van der Waals surface area contributed by atoms with Gasteiger partial charge in [0.15, 0.2) is 9.84 Å². The molecule has 5 nitrogen and oxygen atoms in total. The summed E-state index contributed by atoms with van der Waals surface area (Å²) in [5.41, 5.74) is -1.49. The van der Waals surface area contributed by atoms with Crippen LogP contribution in [0.1, 0.15) is 19.4 Å². The number of aromatic nitrogens is 2. The van der Waals surface area contributed by atoms with Gasteiger partial charge in [0.25, 0.3) is 5.56 Å². The quantitative estimate of drug-likeness (QED) is 0.841. The van der Waals surface area contributed by atoms with Gasteiger partial charge in [-0.15, -0.1) is 0 Å². The molecule has 1 aromatic heterocycles. The molecule has 9 heteroatoms. The van der Waals surface area contributed by atoms with Gasteiger partial charge in [-0.25, -0.2) is 13.4 Å². The molecule has 2 rings (SSSR count). The van der Waals surface area contributed by atoms with Gasteiger partial charge in [-0.05, 0) is 19.1 Å². The first-order valence-electron chi connectivity index (χ1n) is 7.11. The molecule has 0 aliphatic rings. The monoisotopic (exact) mass is 360 g/mol. The van der Waals surface area contributed by atoms with Gasteiger partial charge in [-0.3, -0.25) is 9.36 Å². The number of nitrogens with zero attached hydrogens (tertiary/aromatic N) is 2. The van der Waals surface area contributed by atoms with E-state index >= 15 is 0 Å². The summed E-state index contributed by atoms with van der Waals surface area (Å²) < 4.78 is 64.4. The van der Waals surface area contributed by atoms with Crippen LogP contribution in [0.5, 0.6) is 0 Å². The number of benzene rings is 1. The van der Waals surface area contributed by atoms with Crippen molar-refractivity contribution < 1.29 is 21.6 Å². The SMILES string of the molecule is CCn1cnc(-c2ccc(C(F)(F)F)cc2S(=O)(=O)CC)cc1=O. The summed E-state index contributed by atoms with van der Waals surface area (Å²) in [5.74, 6) is -0.368. The first-order valence-corrected chi connectivity index (χ1v) is 8.76. The van der Waals surface area contributed by atoms with E-state index < -0.39 is 32.0 Å². The maximum absolute atomic E-state index is 12.9. The molecule has 0 unspecified atom stereocenters. The van der Waals surface area contributed by atoms with E-state index in [-0.39, 0.29) is 17.0 Å². The van der Waals surface area contributed by atoms with Gasteiger partial charge < -0.3 is 0 Å². The summed E-state index contributed by atoms with van der Waals surface area (Å²) in [6, 6.07) is 3.50. The van der Waals surface area contributed by atoms with Crippen LogP contribution in [0.2, 0.25) is 0 Å². The average Bonchev–Trinajstić information content (AvgIpc) is 2.53. The van der Waals surface area contributed by atoms with E-state index in [0.29, 0.717) is 12.6 Å². The van der Waals surface area contributed by atoms with Gasteiger partial charge in [0.2, 0.25) is 0 Å². The van der Waals surface area contributed by atoms with Crippen molar-refractivity contribution in [3.8, 4) is 11.3 Å². The lowest BCUT2D eigenvalue weighted by Gasteiger charge is -2.13. The molecule has 1 aromatic carbocycles. The van der Waals surface area contributed by atoms with Gasteiger partial charge in [-0.1, -0.05) is 13.0 Å². The van der Waals surface area contributed by atoms with E-state index in [0.717, 1.165) is 18.2 Å². The molecule has 0 saturated carbocycles. The van der Waals surface area contributed by atoms with Crippen LogP contribution in [-0.4, -0.2) is 23.7 Å². The number of hydrogen-bond donors (Lipinski definition) is 0. The summed E-state index contributed by atoms with van der Waals surface area (Å²) in [5, 5.41) is 0. The Morgan fingerprint density at radius 1 is 1.17 bits per heavy atom. The molecule has 0 saturated heterocycles. The van der Waals surface area contributed by atoms with Crippen molar-refractivity contribution in [3.05, 3.63) is 46.5 Å². The predicted octanol–water partition coefficient (Wildman–Crippen LogP) is 2.74. The standard InChI is InChI=1S/C15H15F3N2O3S/c1-3-20-9-19-12(8-14(20)21)11-6-5-10(15(16,17)18)7-13(11)24(22,23)4-2/h5-9H,3-4H2,1-2H3. The highest BCUT2D eigenvalue weighted by Gasteiger charge is 2.33. The summed E-state index contributed by atoms with van der Waals surface area (Å²) in [6.07, 6.45) is -3.44. The second-order valence-corrected chi connectivity index (χ2v) is 7.26. The van der Waals surface area contributed by atoms with Gasteiger partial charge in [-0.2, -0.15) is 13.2 Å². The molecule has 0 atom stereocenters. The molecule has 130 valence electrons. The number of halogens is 3. The Kier molecular flexibility index (Phi) is 4.84. The smallest absolute Gasteiger partial charge is 0.300 e. The molecule has 0 fully saturated rings. The zero-order valence-electron chi connectivity index (χ0n) is 13.0. The Balaban J connectivity index is 2.75. The normalized spacial score (nSPS) is 12.4. The van der Waals surface area contributed by atoms with E-state index in [1.807, 2.05) is 0 Å². The summed E-state index contributed by atoms with van der Waals surface area (Å²) >= 11 is 0. The van der Waals surface area contributed by atoms with Crippen LogP contribution >= 0.6 is 0 Å². The highest BCUT2D eigenvalue weighted by atomic mass is 32.2. The van der Waals surface area contributed by atoms with Crippen molar-refractivity contribution in [2.24, 2.45) is 0 Å². The fraction of sp³-hybridized carbons (Fsp3) is 0.333. The van der Waals surface area contributed by atoms with Crippen LogP contribution < -0.4 is 5.56 Å². The first kappa shape index (κ1) is 18.2. The largest absolute Gasteiger partial charge is 0.416 e. The Hall–Kier alpha value is -2.16. The van der Waals surface area contributed by atoms with Crippen LogP contribution in [0.25, 0.3) is 11.3 Å². The molecule has 0 aliphatic heterocycles. The first-order chi connectivity index (χ1) is 11.1. The van der Waals surface area contributed by atoms with Gasteiger partial charge in [0.05, 0.1) is 28.2 Å². The third-order valence-corrected chi connectivity index (χ3v) is 5.29. The zero-order chi connectivity index (χ0) is 18.1. The molecular formula is C15H15F3N2O3S. The third-order valence-electron chi connectivity index (χ3n) is 3.52. The molecule has 0 bridgehead atoms. The second-order valence-electron chi connectivity index (χ2n) is 5.01. The summed E-state index contributed by atoms with van der Waals surface area (Å²) in [7, 11) is -3.94. The fourth-order valence-electron chi connectivity index (χ4n) is 2.13. The van der Waals surface area contributed by atoms with E-state index in [9.17, 15) is 26.4 Å². The third kappa shape index (κ3) is 3.50. The summed E-state index contributed by atoms with van der Waals surface area (Å²) in [4.78, 5) is 15.4. The van der Waals surface area contributed by atoms with E-state index in [1.165, 1.54) is 17.8 Å². The molecular weight excluding hydrogens is 345 g/mol. The number of hydrogen-bond acceptors (Lipinski definition) is 4. The van der Waals surface area contributed by atoms with Crippen molar-refractivity contribution in [2.45, 2.75) is 31.5 Å². The van der Waals surface area contributed by atoms with Crippen molar-refractivity contribution in [1.82, 2.24) is 9.55 Å². The molecule has 0 amide bonds. The number of rotatable bonds is 4. The van der Waals surface area contributed by atoms with Crippen molar-refractivity contribution >= 4 is 9.84 Å². The maximum atomic E-state index is 12.9. The van der Waals surface area contributed by atoms with Gasteiger partial charge in [0, 0.05) is 18.2 Å². The Bertz CT molecular complexity index is 918. The Morgan fingerprint density at radius 3 is 2.33 bits per heavy atom. The van der Waals surface area contributed by atoms with Crippen LogP contribution in [0.3, 0.4) is 0 Å². The molecule has 0 radical (unpaired) electrons. The zero-order valence-corrected chi connectivity index (χ0v) is 13.8. The van der Waals surface area contributed by atoms with Crippen LogP contribution in [-0.2, 0) is 22.6 Å². The van der Waals surface area contributed by atoms with Crippen LogP contribution in [0.15, 0.2) is 40.3 Å². The van der Waals surface area contributed by atoms with Gasteiger partial charge >= 0.3 is 6.18 Å². The minimum absolute atomic E-state index is 0.0189. The molecule has 1 heterocycles. The lowest BCUT2D eigenvalue weighted by Crippen LogP contribution is -2.19. The highest BCUT2D eigenvalue weighted by Crippen LogP contribution is 2.34. The molecule has 2 aromatic rings. The molecule has 0 spiro atoms. The predicted molar refractivity (Wildman–Crippen MR) is 82.3 cm³/mol. The molecule has 24 heavy (non-hydrogen) atoms. The number of alkyl halides is 3.